The van der Waals surface area contributed by atoms with Crippen LogP contribution in [-0.4, -0.2) is 28.3 Å². The van der Waals surface area contributed by atoms with E-state index in [-0.39, 0.29) is 6.42 Å². The van der Waals surface area contributed by atoms with Crippen LogP contribution in [0.25, 0.3) is 5.69 Å². The Hall–Kier alpha value is -2.83. The van der Waals surface area contributed by atoms with Crippen molar-refractivity contribution < 1.29 is 14.3 Å². The van der Waals surface area contributed by atoms with Gasteiger partial charge in [0.25, 0.3) is 5.91 Å². The fourth-order valence-electron chi connectivity index (χ4n) is 2.87. The number of carbonyl (C=O) groups excluding carboxylic acids is 2. The van der Waals surface area contributed by atoms with Crippen LogP contribution < -0.4 is 5.32 Å². The van der Waals surface area contributed by atoms with E-state index in [2.05, 4.69) is 10.4 Å². The smallest absolute Gasteiger partial charge is 0.310 e. The molecule has 0 bridgehead atoms. The number of benzene rings is 2. The van der Waals surface area contributed by atoms with Gasteiger partial charge in [0, 0.05) is 16.3 Å². The Balaban J connectivity index is 1.60. The number of hydrogen-bond donors (Lipinski definition) is 1. The molecule has 0 spiro atoms. The Bertz CT molecular complexity index is 1050. The molecule has 8 heteroatoms. The number of halogens is 2. The Kier molecular flexibility index (Phi) is 6.56. The van der Waals surface area contributed by atoms with Crippen LogP contribution in [0.15, 0.2) is 48.5 Å². The molecule has 0 aliphatic heterocycles. The number of para-hydroxylation sites is 1. The van der Waals surface area contributed by atoms with E-state index in [1.807, 2.05) is 44.2 Å². The number of rotatable bonds is 6. The molecule has 150 valence electrons. The van der Waals surface area contributed by atoms with Gasteiger partial charge in [-0.3, -0.25) is 9.59 Å². The molecule has 0 aliphatic rings. The van der Waals surface area contributed by atoms with Crippen molar-refractivity contribution in [2.24, 2.45) is 0 Å². The summed E-state index contributed by atoms with van der Waals surface area (Å²) < 4.78 is 6.89. The third kappa shape index (κ3) is 5.16. The second kappa shape index (κ2) is 9.11. The summed E-state index contributed by atoms with van der Waals surface area (Å²) in [4.78, 5) is 24.3. The van der Waals surface area contributed by atoms with Crippen LogP contribution in [0.3, 0.4) is 0 Å². The highest BCUT2D eigenvalue weighted by Gasteiger charge is 2.17. The SMILES string of the molecule is Cc1nn(-c2ccccc2)c(C)c1CC(=O)OCC(=O)Nc1cc(Cl)ccc1Cl. The molecule has 0 saturated carbocycles. The van der Waals surface area contributed by atoms with Gasteiger partial charge in [0.05, 0.1) is 28.5 Å². The number of aryl methyl sites for hydroxylation is 1. The van der Waals surface area contributed by atoms with Gasteiger partial charge in [0.1, 0.15) is 0 Å². The highest BCUT2D eigenvalue weighted by Crippen LogP contribution is 2.25. The molecule has 3 rings (SSSR count). The number of amides is 1. The lowest BCUT2D eigenvalue weighted by atomic mass is 10.1. The van der Waals surface area contributed by atoms with E-state index in [9.17, 15) is 9.59 Å². The quantitative estimate of drug-likeness (QED) is 0.582. The summed E-state index contributed by atoms with van der Waals surface area (Å²) in [7, 11) is 0. The molecule has 29 heavy (non-hydrogen) atoms. The molecule has 1 aromatic heterocycles. The number of aromatic nitrogens is 2. The summed E-state index contributed by atoms with van der Waals surface area (Å²) in [6, 6.07) is 14.3. The lowest BCUT2D eigenvalue weighted by molar-refractivity contribution is -0.146. The highest BCUT2D eigenvalue weighted by molar-refractivity contribution is 6.35. The first kappa shape index (κ1) is 20.9. The van der Waals surface area contributed by atoms with E-state index >= 15 is 0 Å². The van der Waals surface area contributed by atoms with E-state index < -0.39 is 18.5 Å². The van der Waals surface area contributed by atoms with Gasteiger partial charge in [0.15, 0.2) is 6.61 Å². The van der Waals surface area contributed by atoms with Crippen molar-refractivity contribution in [1.29, 1.82) is 0 Å². The lowest BCUT2D eigenvalue weighted by Crippen LogP contribution is -2.22. The lowest BCUT2D eigenvalue weighted by Gasteiger charge is -2.09. The first-order valence-electron chi connectivity index (χ1n) is 8.86. The minimum Gasteiger partial charge on any atom is -0.455 e. The summed E-state index contributed by atoms with van der Waals surface area (Å²) in [5.41, 5.74) is 3.62. The van der Waals surface area contributed by atoms with Crippen LogP contribution in [0.4, 0.5) is 5.69 Å². The number of ether oxygens (including phenoxy) is 1. The predicted molar refractivity (Wildman–Crippen MR) is 113 cm³/mol. The van der Waals surface area contributed by atoms with Crippen LogP contribution in [-0.2, 0) is 20.7 Å². The van der Waals surface area contributed by atoms with Crippen molar-refractivity contribution >= 4 is 40.8 Å². The summed E-state index contributed by atoms with van der Waals surface area (Å²) in [5, 5.41) is 7.85. The Morgan fingerprint density at radius 2 is 1.83 bits per heavy atom. The van der Waals surface area contributed by atoms with Crippen LogP contribution in [0.2, 0.25) is 10.0 Å². The molecule has 3 aromatic rings. The summed E-state index contributed by atoms with van der Waals surface area (Å²) in [5.74, 6) is -1.02. The molecule has 0 radical (unpaired) electrons. The van der Waals surface area contributed by atoms with E-state index in [1.165, 1.54) is 6.07 Å². The number of hydrogen-bond acceptors (Lipinski definition) is 4. The molecule has 0 saturated heterocycles. The number of carbonyl (C=O) groups is 2. The third-order valence-electron chi connectivity index (χ3n) is 4.33. The molecule has 0 unspecified atom stereocenters. The molecule has 2 aromatic carbocycles. The van der Waals surface area contributed by atoms with E-state index in [4.69, 9.17) is 27.9 Å². The topological polar surface area (TPSA) is 73.2 Å². The number of nitrogens with zero attached hydrogens (tertiary/aromatic N) is 2. The number of esters is 1. The first-order valence-corrected chi connectivity index (χ1v) is 9.62. The maximum atomic E-state index is 12.3. The van der Waals surface area contributed by atoms with Gasteiger partial charge in [-0.05, 0) is 44.2 Å². The summed E-state index contributed by atoms with van der Waals surface area (Å²) >= 11 is 11.9. The van der Waals surface area contributed by atoms with Gasteiger partial charge in [-0.2, -0.15) is 5.10 Å². The molecule has 0 atom stereocenters. The maximum Gasteiger partial charge on any atom is 0.310 e. The molecule has 1 heterocycles. The average molecular weight is 432 g/mol. The third-order valence-corrected chi connectivity index (χ3v) is 4.89. The van der Waals surface area contributed by atoms with Gasteiger partial charge in [-0.25, -0.2) is 4.68 Å². The van der Waals surface area contributed by atoms with Gasteiger partial charge in [-0.1, -0.05) is 41.4 Å². The molecule has 6 nitrogen and oxygen atoms in total. The van der Waals surface area contributed by atoms with Gasteiger partial charge < -0.3 is 10.1 Å². The number of nitrogens with one attached hydrogen (secondary N) is 1. The monoisotopic (exact) mass is 431 g/mol. The second-order valence-electron chi connectivity index (χ2n) is 6.41. The largest absolute Gasteiger partial charge is 0.455 e. The van der Waals surface area contributed by atoms with Crippen molar-refractivity contribution in [3.05, 3.63) is 75.5 Å². The Morgan fingerprint density at radius 1 is 1.10 bits per heavy atom. The van der Waals surface area contributed by atoms with E-state index in [0.29, 0.717) is 15.7 Å². The van der Waals surface area contributed by atoms with Crippen LogP contribution in [0.5, 0.6) is 0 Å². The standard InChI is InChI=1S/C21H19Cl2N3O3/c1-13-17(14(2)26(25-13)16-6-4-3-5-7-16)11-21(28)29-12-20(27)24-19-10-15(22)8-9-18(19)23/h3-10H,11-12H2,1-2H3,(H,24,27). The van der Waals surface area contributed by atoms with E-state index in [1.54, 1.807) is 16.8 Å². The fourth-order valence-corrected chi connectivity index (χ4v) is 3.21. The van der Waals surface area contributed by atoms with Crippen molar-refractivity contribution in [3.63, 3.8) is 0 Å². The zero-order valence-electron chi connectivity index (χ0n) is 15.9. The average Bonchev–Trinajstić information content (AvgIpc) is 2.98. The van der Waals surface area contributed by atoms with Crippen molar-refractivity contribution in [3.8, 4) is 5.69 Å². The minimum absolute atomic E-state index is 0.0235. The van der Waals surface area contributed by atoms with Crippen molar-refractivity contribution in [1.82, 2.24) is 9.78 Å². The highest BCUT2D eigenvalue weighted by atomic mass is 35.5. The minimum atomic E-state index is -0.517. The van der Waals surface area contributed by atoms with Crippen LogP contribution in [0.1, 0.15) is 17.0 Å². The summed E-state index contributed by atoms with van der Waals surface area (Å²) in [6.07, 6.45) is 0.0235. The predicted octanol–water partition coefficient (Wildman–Crippen LogP) is 4.52. The zero-order chi connectivity index (χ0) is 21.0. The number of anilines is 1. The second-order valence-corrected chi connectivity index (χ2v) is 7.25. The Morgan fingerprint density at radius 3 is 2.55 bits per heavy atom. The van der Waals surface area contributed by atoms with Gasteiger partial charge >= 0.3 is 5.97 Å². The van der Waals surface area contributed by atoms with Crippen LogP contribution in [0, 0.1) is 13.8 Å². The zero-order valence-corrected chi connectivity index (χ0v) is 17.4. The molecular weight excluding hydrogens is 413 g/mol. The van der Waals surface area contributed by atoms with Crippen molar-refractivity contribution in [2.45, 2.75) is 20.3 Å². The molecule has 0 fully saturated rings. The molecule has 1 N–H and O–H groups in total. The van der Waals surface area contributed by atoms with Gasteiger partial charge in [0.2, 0.25) is 0 Å². The molecule has 0 aliphatic carbocycles. The molecular formula is C21H19Cl2N3O3. The molecule has 1 amide bonds. The van der Waals surface area contributed by atoms with Crippen LogP contribution >= 0.6 is 23.2 Å². The van der Waals surface area contributed by atoms with Gasteiger partial charge in [-0.15, -0.1) is 0 Å². The normalized spacial score (nSPS) is 10.6. The first-order chi connectivity index (χ1) is 13.8. The maximum absolute atomic E-state index is 12.3. The van der Waals surface area contributed by atoms with E-state index in [0.717, 1.165) is 22.6 Å². The fraction of sp³-hybridized carbons (Fsp3) is 0.190. The summed E-state index contributed by atoms with van der Waals surface area (Å²) in [6.45, 7) is 3.30. The Labute approximate surface area is 178 Å². The van der Waals surface area contributed by atoms with Crippen molar-refractivity contribution in [2.75, 3.05) is 11.9 Å².